The first kappa shape index (κ1) is 19.5. The minimum Gasteiger partial charge on any atom is -0.496 e. The van der Waals surface area contributed by atoms with Crippen LogP contribution in [0.3, 0.4) is 0 Å². The number of likely N-dealkylation sites (tertiary alicyclic amines) is 1. The Morgan fingerprint density at radius 1 is 1.07 bits per heavy atom. The number of piperidine rings is 1. The Kier molecular flexibility index (Phi) is 6.24. The minimum atomic E-state index is -0.230. The fourth-order valence-corrected chi connectivity index (χ4v) is 3.65. The molecule has 2 aromatic rings. The Balaban J connectivity index is 1.58. The van der Waals surface area contributed by atoms with E-state index in [4.69, 9.17) is 27.9 Å². The molecule has 0 saturated carbocycles. The summed E-state index contributed by atoms with van der Waals surface area (Å²) in [7, 11) is 1.55. The van der Waals surface area contributed by atoms with Gasteiger partial charge in [0.25, 0.3) is 11.8 Å². The summed E-state index contributed by atoms with van der Waals surface area (Å²) in [5.74, 6) is 0.277. The fraction of sp³-hybridized carbons (Fsp3) is 0.300. The number of nitrogens with zero attached hydrogens (tertiary/aromatic N) is 1. The van der Waals surface area contributed by atoms with Gasteiger partial charge < -0.3 is 15.0 Å². The van der Waals surface area contributed by atoms with Crippen LogP contribution in [0.5, 0.6) is 5.75 Å². The van der Waals surface area contributed by atoms with E-state index >= 15 is 0 Å². The summed E-state index contributed by atoms with van der Waals surface area (Å²) in [4.78, 5) is 27.0. The van der Waals surface area contributed by atoms with Gasteiger partial charge in [-0.15, -0.1) is 0 Å². The molecule has 0 atom stereocenters. The van der Waals surface area contributed by atoms with Gasteiger partial charge in [-0.05, 0) is 43.2 Å². The van der Waals surface area contributed by atoms with Gasteiger partial charge in [-0.25, -0.2) is 0 Å². The van der Waals surface area contributed by atoms with Crippen molar-refractivity contribution in [1.29, 1.82) is 0 Å². The number of hydrogen-bond acceptors (Lipinski definition) is 3. The molecule has 0 bridgehead atoms. The van der Waals surface area contributed by atoms with E-state index < -0.39 is 0 Å². The van der Waals surface area contributed by atoms with E-state index in [1.807, 2.05) is 12.1 Å². The highest BCUT2D eigenvalue weighted by molar-refractivity contribution is 6.36. The summed E-state index contributed by atoms with van der Waals surface area (Å²) in [6.45, 7) is 1.13. The van der Waals surface area contributed by atoms with Gasteiger partial charge in [0, 0.05) is 24.2 Å². The van der Waals surface area contributed by atoms with Crippen molar-refractivity contribution >= 4 is 35.0 Å². The number of para-hydroxylation sites is 1. The Labute approximate surface area is 168 Å². The number of carbonyl (C=O) groups excluding carboxylic acids is 2. The van der Waals surface area contributed by atoms with Crippen molar-refractivity contribution in [2.75, 3.05) is 20.2 Å². The first-order valence-electron chi connectivity index (χ1n) is 8.68. The smallest absolute Gasteiger partial charge is 0.257 e. The Morgan fingerprint density at radius 3 is 2.44 bits per heavy atom. The molecule has 5 nitrogen and oxygen atoms in total. The average molecular weight is 407 g/mol. The van der Waals surface area contributed by atoms with Gasteiger partial charge in [0.2, 0.25) is 0 Å². The van der Waals surface area contributed by atoms with Crippen LogP contribution in [0.2, 0.25) is 10.0 Å². The molecule has 1 N–H and O–H groups in total. The normalized spacial score (nSPS) is 14.7. The molecule has 3 rings (SSSR count). The maximum absolute atomic E-state index is 12.7. The number of nitrogens with one attached hydrogen (secondary N) is 1. The largest absolute Gasteiger partial charge is 0.496 e. The highest BCUT2D eigenvalue weighted by Gasteiger charge is 2.26. The van der Waals surface area contributed by atoms with Gasteiger partial charge in [-0.2, -0.15) is 0 Å². The number of ether oxygens (including phenoxy) is 1. The summed E-state index contributed by atoms with van der Waals surface area (Å²) >= 11 is 12.0. The second-order valence-electron chi connectivity index (χ2n) is 6.36. The predicted molar refractivity (Wildman–Crippen MR) is 106 cm³/mol. The molecular weight excluding hydrogens is 387 g/mol. The summed E-state index contributed by atoms with van der Waals surface area (Å²) in [6.07, 6.45) is 1.36. The topological polar surface area (TPSA) is 58.6 Å². The van der Waals surface area contributed by atoms with E-state index in [-0.39, 0.29) is 17.9 Å². The van der Waals surface area contributed by atoms with Gasteiger partial charge in [0.1, 0.15) is 5.75 Å². The molecule has 0 spiro atoms. The molecule has 7 heteroatoms. The fourth-order valence-electron chi connectivity index (χ4n) is 3.16. The van der Waals surface area contributed by atoms with Crippen molar-refractivity contribution in [2.45, 2.75) is 18.9 Å². The third kappa shape index (κ3) is 4.54. The van der Waals surface area contributed by atoms with Crippen molar-refractivity contribution in [2.24, 2.45) is 0 Å². The Morgan fingerprint density at radius 2 is 1.78 bits per heavy atom. The maximum Gasteiger partial charge on any atom is 0.257 e. The second kappa shape index (κ2) is 8.63. The molecule has 1 saturated heterocycles. The van der Waals surface area contributed by atoms with Crippen LogP contribution in [0.4, 0.5) is 0 Å². The number of rotatable bonds is 4. The van der Waals surface area contributed by atoms with Crippen molar-refractivity contribution < 1.29 is 14.3 Å². The molecule has 2 amide bonds. The molecule has 0 radical (unpaired) electrons. The van der Waals surface area contributed by atoms with Crippen molar-refractivity contribution in [3.63, 3.8) is 0 Å². The lowest BCUT2D eigenvalue weighted by atomic mass is 10.0. The summed E-state index contributed by atoms with van der Waals surface area (Å²) in [6, 6.07) is 12.0. The number of hydrogen-bond donors (Lipinski definition) is 1. The van der Waals surface area contributed by atoms with Crippen LogP contribution in [-0.2, 0) is 0 Å². The molecule has 0 unspecified atom stereocenters. The zero-order chi connectivity index (χ0) is 19.4. The lowest BCUT2D eigenvalue weighted by molar-refractivity contribution is 0.0695. The number of carbonyl (C=O) groups is 2. The second-order valence-corrected chi connectivity index (χ2v) is 7.21. The van der Waals surface area contributed by atoms with Crippen LogP contribution in [0.1, 0.15) is 33.6 Å². The minimum absolute atomic E-state index is 0.00837. The molecule has 142 valence electrons. The zero-order valence-corrected chi connectivity index (χ0v) is 16.4. The van der Waals surface area contributed by atoms with Crippen LogP contribution < -0.4 is 10.1 Å². The Bertz CT molecular complexity index is 849. The highest BCUT2D eigenvalue weighted by Crippen LogP contribution is 2.23. The molecule has 1 aliphatic rings. The molecule has 2 aromatic carbocycles. The average Bonchev–Trinajstić information content (AvgIpc) is 2.68. The lowest BCUT2D eigenvalue weighted by Gasteiger charge is -2.32. The van der Waals surface area contributed by atoms with E-state index in [1.54, 1.807) is 42.3 Å². The molecule has 1 aliphatic heterocycles. The van der Waals surface area contributed by atoms with E-state index in [9.17, 15) is 9.59 Å². The first-order chi connectivity index (χ1) is 13.0. The van der Waals surface area contributed by atoms with Crippen molar-refractivity contribution in [3.8, 4) is 5.75 Å². The van der Waals surface area contributed by atoms with Crippen LogP contribution in [0.25, 0.3) is 0 Å². The standard InChI is InChI=1S/C20H20Cl2N2O3/c1-27-18-5-3-2-4-16(18)20(26)24-10-8-14(9-11-24)23-19(25)15-7-6-13(21)12-17(15)22/h2-7,12,14H,8-11H2,1H3,(H,23,25). The van der Waals surface area contributed by atoms with E-state index in [0.29, 0.717) is 52.9 Å². The highest BCUT2D eigenvalue weighted by atomic mass is 35.5. The molecule has 0 aliphatic carbocycles. The summed E-state index contributed by atoms with van der Waals surface area (Å²) in [5, 5.41) is 3.80. The van der Waals surface area contributed by atoms with Gasteiger partial charge in [-0.3, -0.25) is 9.59 Å². The quantitative estimate of drug-likeness (QED) is 0.833. The molecule has 1 heterocycles. The molecule has 1 fully saturated rings. The lowest BCUT2D eigenvalue weighted by Crippen LogP contribution is -2.46. The molecule has 27 heavy (non-hydrogen) atoms. The maximum atomic E-state index is 12.7. The van der Waals surface area contributed by atoms with Crippen LogP contribution in [0.15, 0.2) is 42.5 Å². The number of halogens is 2. The van der Waals surface area contributed by atoms with E-state index in [2.05, 4.69) is 5.32 Å². The summed E-state index contributed by atoms with van der Waals surface area (Å²) in [5.41, 5.74) is 0.948. The number of amides is 2. The van der Waals surface area contributed by atoms with Crippen LogP contribution >= 0.6 is 23.2 Å². The van der Waals surface area contributed by atoms with E-state index in [0.717, 1.165) is 0 Å². The Hall–Kier alpha value is -2.24. The first-order valence-corrected chi connectivity index (χ1v) is 9.43. The van der Waals surface area contributed by atoms with Gasteiger partial charge in [-0.1, -0.05) is 35.3 Å². The monoisotopic (exact) mass is 406 g/mol. The number of methoxy groups -OCH3 is 1. The van der Waals surface area contributed by atoms with Gasteiger partial charge in [0.05, 0.1) is 23.3 Å². The predicted octanol–water partition coefficient (Wildman–Crippen LogP) is 4.04. The van der Waals surface area contributed by atoms with Crippen LogP contribution in [0, 0.1) is 0 Å². The summed E-state index contributed by atoms with van der Waals surface area (Å²) < 4.78 is 5.27. The van der Waals surface area contributed by atoms with Gasteiger partial charge in [0.15, 0.2) is 0 Å². The van der Waals surface area contributed by atoms with E-state index in [1.165, 1.54) is 0 Å². The molecule has 0 aromatic heterocycles. The third-order valence-corrected chi connectivity index (χ3v) is 5.18. The van der Waals surface area contributed by atoms with Crippen molar-refractivity contribution in [3.05, 3.63) is 63.6 Å². The molecular formula is C20H20Cl2N2O3. The van der Waals surface area contributed by atoms with Gasteiger partial charge >= 0.3 is 0 Å². The zero-order valence-electron chi connectivity index (χ0n) is 14.9. The van der Waals surface area contributed by atoms with Crippen molar-refractivity contribution in [1.82, 2.24) is 10.2 Å². The number of benzene rings is 2. The van der Waals surface area contributed by atoms with Crippen LogP contribution in [-0.4, -0.2) is 43.0 Å². The third-order valence-electron chi connectivity index (χ3n) is 4.63. The SMILES string of the molecule is COc1ccccc1C(=O)N1CCC(NC(=O)c2ccc(Cl)cc2Cl)CC1.